The number of aryl methyl sites for hydroxylation is 2. The molecule has 0 bridgehead atoms. The van der Waals surface area contributed by atoms with Crippen LogP contribution in [0, 0.1) is 0 Å². The van der Waals surface area contributed by atoms with Gasteiger partial charge in [0, 0.05) is 50.3 Å². The Kier molecular flexibility index (Phi) is 5.71. The number of nitrogens with zero attached hydrogens (tertiary/aromatic N) is 3. The number of benzene rings is 1. The Morgan fingerprint density at radius 3 is 2.82 bits per heavy atom. The Morgan fingerprint density at radius 2 is 1.91 bits per heavy atom. The van der Waals surface area contributed by atoms with Crippen LogP contribution in [-0.2, 0) is 23.1 Å². The van der Waals surface area contributed by atoms with E-state index in [1.54, 1.807) is 0 Å². The molecule has 1 aromatic carbocycles. The van der Waals surface area contributed by atoms with Crippen LogP contribution in [0.5, 0.6) is 0 Å². The molecular formula is C28H36N4O. The average Bonchev–Trinajstić information content (AvgIpc) is 3.15. The zero-order chi connectivity index (χ0) is 22.3. The van der Waals surface area contributed by atoms with Gasteiger partial charge < -0.3 is 10.2 Å². The smallest absolute Gasteiger partial charge is 0.235 e. The Bertz CT molecular complexity index is 1030. The zero-order valence-electron chi connectivity index (χ0n) is 19.7. The molecule has 0 radical (unpaired) electrons. The number of nitrogens with one attached hydrogen (secondary N) is 1. The third-order valence-corrected chi connectivity index (χ3v) is 8.76. The fourth-order valence-electron chi connectivity index (χ4n) is 7.07. The number of unbranched alkanes of at least 4 members (excludes halogenated alkanes) is 1. The molecule has 2 aliphatic carbocycles. The van der Waals surface area contributed by atoms with Gasteiger partial charge in [0.15, 0.2) is 0 Å². The molecule has 4 aliphatic rings. The van der Waals surface area contributed by atoms with Gasteiger partial charge in [-0.3, -0.25) is 14.7 Å². The van der Waals surface area contributed by atoms with E-state index in [1.165, 1.54) is 47.9 Å². The standard InChI is InChI=1S/C28H36N4O/c33-27-28(13-5-8-21-6-3-9-24(30-27)26(21)28)12-1-2-15-31-16-18-32(19-17-31)25-10-4-7-22-20-29-14-11-23(22)25/h3,6,9,11,14,20,25H,1-2,4-5,7-8,10,12-13,15-19H2,(H,30,33). The highest BCUT2D eigenvalue weighted by Crippen LogP contribution is 2.49. The number of rotatable bonds is 6. The van der Waals surface area contributed by atoms with Crippen molar-refractivity contribution in [1.29, 1.82) is 0 Å². The van der Waals surface area contributed by atoms with Crippen molar-refractivity contribution in [2.24, 2.45) is 0 Å². The molecule has 0 spiro atoms. The van der Waals surface area contributed by atoms with Gasteiger partial charge in [-0.1, -0.05) is 18.6 Å². The predicted molar refractivity (Wildman–Crippen MR) is 131 cm³/mol. The van der Waals surface area contributed by atoms with E-state index < -0.39 is 0 Å². The van der Waals surface area contributed by atoms with E-state index in [0.717, 1.165) is 70.5 Å². The predicted octanol–water partition coefficient (Wildman–Crippen LogP) is 4.47. The van der Waals surface area contributed by atoms with E-state index in [0.29, 0.717) is 6.04 Å². The van der Waals surface area contributed by atoms with Crippen LogP contribution >= 0.6 is 0 Å². The van der Waals surface area contributed by atoms with Gasteiger partial charge in [0.25, 0.3) is 0 Å². The van der Waals surface area contributed by atoms with Crippen LogP contribution in [-0.4, -0.2) is 53.4 Å². The first-order valence-electron chi connectivity index (χ1n) is 13.1. The Balaban J connectivity index is 1.01. The fourth-order valence-corrected chi connectivity index (χ4v) is 7.07. The van der Waals surface area contributed by atoms with E-state index in [2.05, 4.69) is 50.6 Å². The highest BCUT2D eigenvalue weighted by molar-refractivity contribution is 6.07. The van der Waals surface area contributed by atoms with Gasteiger partial charge in [-0.2, -0.15) is 0 Å². The summed E-state index contributed by atoms with van der Waals surface area (Å²) < 4.78 is 0. The van der Waals surface area contributed by atoms with Gasteiger partial charge in [0.05, 0.1) is 5.41 Å². The lowest BCUT2D eigenvalue weighted by atomic mass is 9.68. The minimum Gasteiger partial charge on any atom is -0.325 e. The lowest BCUT2D eigenvalue weighted by Crippen LogP contribution is -2.48. The summed E-state index contributed by atoms with van der Waals surface area (Å²) in [5.41, 5.74) is 6.52. The molecule has 2 atom stereocenters. The molecule has 174 valence electrons. The summed E-state index contributed by atoms with van der Waals surface area (Å²) in [5.74, 6) is 0.251. The quantitative estimate of drug-likeness (QED) is 0.668. The van der Waals surface area contributed by atoms with Crippen molar-refractivity contribution >= 4 is 11.6 Å². The summed E-state index contributed by atoms with van der Waals surface area (Å²) >= 11 is 0. The second-order valence-electron chi connectivity index (χ2n) is 10.5. The number of fused-ring (bicyclic) bond motifs is 1. The molecular weight excluding hydrogens is 408 g/mol. The van der Waals surface area contributed by atoms with Crippen molar-refractivity contribution < 1.29 is 4.79 Å². The first-order valence-corrected chi connectivity index (χ1v) is 13.1. The molecule has 2 unspecified atom stereocenters. The van der Waals surface area contributed by atoms with Gasteiger partial charge in [-0.25, -0.2) is 0 Å². The molecule has 3 heterocycles. The number of amides is 1. The number of aromatic nitrogens is 1. The Labute approximate surface area is 197 Å². The fraction of sp³-hybridized carbons (Fsp3) is 0.571. The van der Waals surface area contributed by atoms with E-state index >= 15 is 0 Å². The van der Waals surface area contributed by atoms with E-state index in [4.69, 9.17) is 0 Å². The first-order chi connectivity index (χ1) is 16.2. The van der Waals surface area contributed by atoms with Crippen LogP contribution in [0.2, 0.25) is 0 Å². The minimum atomic E-state index is -0.258. The first kappa shape index (κ1) is 21.3. The number of hydrogen-bond acceptors (Lipinski definition) is 4. The SMILES string of the molecule is O=C1Nc2cccc3c2C1(CCCCN1CCN(C2CCCc4cnccc42)CC1)CCC3. The molecule has 1 amide bonds. The molecule has 1 fully saturated rings. The number of carbonyl (C=O) groups excluding carboxylic acids is 1. The van der Waals surface area contributed by atoms with Crippen LogP contribution in [0.15, 0.2) is 36.7 Å². The average molecular weight is 445 g/mol. The lowest BCUT2D eigenvalue weighted by Gasteiger charge is -2.41. The summed E-state index contributed by atoms with van der Waals surface area (Å²) in [5, 5.41) is 3.19. The van der Waals surface area contributed by atoms with Crippen molar-refractivity contribution in [3.63, 3.8) is 0 Å². The van der Waals surface area contributed by atoms with Gasteiger partial charge >= 0.3 is 0 Å². The topological polar surface area (TPSA) is 48.5 Å². The maximum Gasteiger partial charge on any atom is 0.235 e. The number of hydrogen-bond donors (Lipinski definition) is 1. The van der Waals surface area contributed by atoms with Crippen molar-refractivity contribution in [3.05, 3.63) is 58.9 Å². The lowest BCUT2D eigenvalue weighted by molar-refractivity contribution is -0.121. The number of pyridine rings is 1. The van der Waals surface area contributed by atoms with Crippen LogP contribution in [0.1, 0.15) is 73.2 Å². The molecule has 1 N–H and O–H groups in total. The van der Waals surface area contributed by atoms with Crippen LogP contribution in [0.3, 0.4) is 0 Å². The summed E-state index contributed by atoms with van der Waals surface area (Å²) in [7, 11) is 0. The summed E-state index contributed by atoms with van der Waals surface area (Å²) in [4.78, 5) is 22.7. The molecule has 33 heavy (non-hydrogen) atoms. The summed E-state index contributed by atoms with van der Waals surface area (Å²) in [6.45, 7) is 5.81. The summed E-state index contributed by atoms with van der Waals surface area (Å²) in [6, 6.07) is 9.25. The highest BCUT2D eigenvalue weighted by Gasteiger charge is 2.48. The second kappa shape index (κ2) is 8.84. The summed E-state index contributed by atoms with van der Waals surface area (Å²) in [6.07, 6.45) is 14.4. The molecule has 5 nitrogen and oxygen atoms in total. The second-order valence-corrected chi connectivity index (χ2v) is 10.5. The van der Waals surface area contributed by atoms with Crippen molar-refractivity contribution in [2.75, 3.05) is 38.0 Å². The number of piperazine rings is 1. The van der Waals surface area contributed by atoms with Crippen molar-refractivity contribution in [3.8, 4) is 0 Å². The third kappa shape index (κ3) is 3.79. The van der Waals surface area contributed by atoms with E-state index in [-0.39, 0.29) is 11.3 Å². The largest absolute Gasteiger partial charge is 0.325 e. The third-order valence-electron chi connectivity index (χ3n) is 8.76. The maximum absolute atomic E-state index is 13.0. The molecule has 1 aromatic heterocycles. The minimum absolute atomic E-state index is 0.251. The van der Waals surface area contributed by atoms with Gasteiger partial charge in [-0.05, 0) is 92.3 Å². The van der Waals surface area contributed by atoms with Crippen molar-refractivity contribution in [2.45, 2.75) is 69.2 Å². The number of carbonyl (C=O) groups is 1. The molecule has 6 rings (SSSR count). The van der Waals surface area contributed by atoms with Gasteiger partial charge in [0.1, 0.15) is 0 Å². The highest BCUT2D eigenvalue weighted by atomic mass is 16.2. The number of anilines is 1. The molecule has 0 saturated carbocycles. The van der Waals surface area contributed by atoms with Crippen LogP contribution < -0.4 is 5.32 Å². The molecule has 1 saturated heterocycles. The van der Waals surface area contributed by atoms with Gasteiger partial charge in [0.2, 0.25) is 5.91 Å². The molecule has 2 aliphatic heterocycles. The molecule has 5 heteroatoms. The van der Waals surface area contributed by atoms with Crippen LogP contribution in [0.25, 0.3) is 0 Å². The van der Waals surface area contributed by atoms with Crippen molar-refractivity contribution in [1.82, 2.24) is 14.8 Å². The Morgan fingerprint density at radius 1 is 1.03 bits per heavy atom. The normalized spacial score (nSPS) is 27.2. The monoisotopic (exact) mass is 444 g/mol. The van der Waals surface area contributed by atoms with E-state index in [1.807, 2.05) is 6.20 Å². The van der Waals surface area contributed by atoms with Crippen LogP contribution in [0.4, 0.5) is 5.69 Å². The zero-order valence-corrected chi connectivity index (χ0v) is 19.7. The molecule has 2 aromatic rings. The maximum atomic E-state index is 13.0. The van der Waals surface area contributed by atoms with Gasteiger partial charge in [-0.15, -0.1) is 0 Å². The van der Waals surface area contributed by atoms with E-state index in [9.17, 15) is 4.79 Å². The Hall–Kier alpha value is -2.24.